The van der Waals surface area contributed by atoms with E-state index in [2.05, 4.69) is 46.2 Å². The molecule has 0 aromatic heterocycles. The van der Waals surface area contributed by atoms with Crippen LogP contribution in [0, 0.1) is 17.2 Å². The van der Waals surface area contributed by atoms with Crippen LogP contribution < -0.4 is 0 Å². The van der Waals surface area contributed by atoms with Gasteiger partial charge in [0.05, 0.1) is 12.1 Å². The van der Waals surface area contributed by atoms with E-state index < -0.39 is 0 Å². The summed E-state index contributed by atoms with van der Waals surface area (Å²) in [6.07, 6.45) is 7.65. The van der Waals surface area contributed by atoms with Crippen LogP contribution in [-0.2, 0) is 6.54 Å². The van der Waals surface area contributed by atoms with E-state index in [9.17, 15) is 5.26 Å². The largest absolute Gasteiger partial charge is 0.296 e. The Balaban J connectivity index is 1.56. The molecule has 1 aromatic carbocycles. The molecule has 0 saturated carbocycles. The molecule has 0 unspecified atom stereocenters. The van der Waals surface area contributed by atoms with E-state index in [0.29, 0.717) is 12.1 Å². The molecular weight excluding hydrogens is 282 g/mol. The van der Waals surface area contributed by atoms with Crippen LogP contribution in [0.25, 0.3) is 0 Å². The number of rotatable bonds is 2. The Hall–Kier alpha value is -1.37. The topological polar surface area (TPSA) is 30.3 Å². The van der Waals surface area contributed by atoms with Gasteiger partial charge in [0.1, 0.15) is 0 Å². The normalized spacial score (nSPS) is 35.1. The van der Waals surface area contributed by atoms with Gasteiger partial charge in [-0.3, -0.25) is 9.80 Å². The van der Waals surface area contributed by atoms with Crippen LogP contribution in [0.15, 0.2) is 30.3 Å². The van der Waals surface area contributed by atoms with E-state index in [-0.39, 0.29) is 6.04 Å². The van der Waals surface area contributed by atoms with Gasteiger partial charge in [-0.1, -0.05) is 36.8 Å². The number of nitriles is 1. The van der Waals surface area contributed by atoms with Crippen molar-refractivity contribution in [3.8, 4) is 6.07 Å². The fourth-order valence-electron chi connectivity index (χ4n) is 5.26. The molecule has 3 fully saturated rings. The van der Waals surface area contributed by atoms with Gasteiger partial charge in [-0.25, -0.2) is 0 Å². The molecule has 0 amide bonds. The highest BCUT2D eigenvalue weighted by Crippen LogP contribution is 2.41. The van der Waals surface area contributed by atoms with Crippen LogP contribution in [-0.4, -0.2) is 41.0 Å². The van der Waals surface area contributed by atoms with Gasteiger partial charge in [0.15, 0.2) is 0 Å². The Bertz CT molecular complexity index is 564. The molecule has 3 saturated heterocycles. The highest BCUT2D eigenvalue weighted by atomic mass is 15.3. The molecule has 122 valence electrons. The minimum absolute atomic E-state index is 0.137. The van der Waals surface area contributed by atoms with Crippen LogP contribution in [0.3, 0.4) is 0 Å². The number of benzene rings is 1. The number of nitrogens with zero attached hydrogens (tertiary/aromatic N) is 3. The Morgan fingerprint density at radius 3 is 2.70 bits per heavy atom. The molecule has 0 spiro atoms. The van der Waals surface area contributed by atoms with Gasteiger partial charge < -0.3 is 0 Å². The number of hydrogen-bond donors (Lipinski definition) is 0. The summed E-state index contributed by atoms with van der Waals surface area (Å²) in [5, 5.41) is 9.69. The number of likely N-dealkylation sites (tertiary alicyclic amines) is 1. The van der Waals surface area contributed by atoms with Crippen molar-refractivity contribution >= 4 is 0 Å². The molecule has 0 radical (unpaired) electrons. The summed E-state index contributed by atoms with van der Waals surface area (Å²) < 4.78 is 0. The number of piperidine rings is 3. The van der Waals surface area contributed by atoms with Crippen molar-refractivity contribution in [3.63, 3.8) is 0 Å². The van der Waals surface area contributed by atoms with Crippen molar-refractivity contribution in [1.82, 2.24) is 9.80 Å². The highest BCUT2D eigenvalue weighted by molar-refractivity contribution is 5.16. The van der Waals surface area contributed by atoms with E-state index in [4.69, 9.17) is 0 Å². The van der Waals surface area contributed by atoms with E-state index >= 15 is 0 Å². The van der Waals surface area contributed by atoms with E-state index in [0.717, 1.165) is 25.4 Å². The smallest absolute Gasteiger partial charge is 0.0995 e. The predicted molar refractivity (Wildman–Crippen MR) is 91.7 cm³/mol. The first kappa shape index (κ1) is 15.2. The summed E-state index contributed by atoms with van der Waals surface area (Å²) in [5.74, 6) is 0.775. The molecule has 4 rings (SSSR count). The van der Waals surface area contributed by atoms with E-state index in [1.165, 1.54) is 44.2 Å². The van der Waals surface area contributed by atoms with Crippen molar-refractivity contribution in [2.75, 3.05) is 13.1 Å². The highest BCUT2D eigenvalue weighted by Gasteiger charge is 2.46. The number of hydrogen-bond acceptors (Lipinski definition) is 3. The second kappa shape index (κ2) is 6.63. The molecule has 3 heteroatoms. The average Bonchev–Trinajstić information content (AvgIpc) is 2.62. The standard InChI is InChI=1S/C20H27N3/c21-14-17-13-20-18(19-10-4-5-12-23(17)19)9-6-11-22(20)15-16-7-2-1-3-8-16/h1-3,7-8,17-20H,4-6,9-13,15H2/t17-,18+,19+,20+/m0/s1. The first-order chi connectivity index (χ1) is 11.4. The summed E-state index contributed by atoms with van der Waals surface area (Å²) in [6, 6.07) is 14.9. The van der Waals surface area contributed by atoms with Crippen molar-refractivity contribution in [1.29, 1.82) is 5.26 Å². The first-order valence-electron chi connectivity index (χ1n) is 9.30. The van der Waals surface area contributed by atoms with Crippen molar-refractivity contribution in [2.45, 2.75) is 63.2 Å². The van der Waals surface area contributed by atoms with Crippen LogP contribution >= 0.6 is 0 Å². The third-order valence-electron chi connectivity index (χ3n) is 6.28. The molecule has 3 heterocycles. The fraction of sp³-hybridized carbons (Fsp3) is 0.650. The molecule has 0 bridgehead atoms. The van der Waals surface area contributed by atoms with Gasteiger partial charge in [0, 0.05) is 18.6 Å². The van der Waals surface area contributed by atoms with Crippen molar-refractivity contribution < 1.29 is 0 Å². The van der Waals surface area contributed by atoms with Crippen LogP contribution in [0.1, 0.15) is 44.1 Å². The maximum absolute atomic E-state index is 9.69. The monoisotopic (exact) mass is 309 g/mol. The maximum atomic E-state index is 9.69. The first-order valence-corrected chi connectivity index (χ1v) is 9.30. The molecule has 0 N–H and O–H groups in total. The Morgan fingerprint density at radius 2 is 1.87 bits per heavy atom. The molecule has 4 atom stereocenters. The van der Waals surface area contributed by atoms with Crippen LogP contribution in [0.5, 0.6) is 0 Å². The second-order valence-corrected chi connectivity index (χ2v) is 7.51. The summed E-state index contributed by atoms with van der Waals surface area (Å²) in [5.41, 5.74) is 1.41. The zero-order chi connectivity index (χ0) is 15.6. The number of fused-ring (bicyclic) bond motifs is 3. The van der Waals surface area contributed by atoms with Gasteiger partial charge in [0.2, 0.25) is 0 Å². The minimum atomic E-state index is 0.137. The van der Waals surface area contributed by atoms with Crippen molar-refractivity contribution in [2.24, 2.45) is 5.92 Å². The summed E-state index contributed by atoms with van der Waals surface area (Å²) in [4.78, 5) is 5.23. The molecule has 3 aliphatic heterocycles. The molecule has 23 heavy (non-hydrogen) atoms. The lowest BCUT2D eigenvalue weighted by Gasteiger charge is -2.55. The molecule has 1 aromatic rings. The Morgan fingerprint density at radius 1 is 1.00 bits per heavy atom. The second-order valence-electron chi connectivity index (χ2n) is 7.51. The van der Waals surface area contributed by atoms with E-state index in [1.54, 1.807) is 0 Å². The Kier molecular flexibility index (Phi) is 4.37. The maximum Gasteiger partial charge on any atom is 0.0995 e. The fourth-order valence-corrected chi connectivity index (χ4v) is 5.26. The lowest BCUT2D eigenvalue weighted by Crippen LogP contribution is -2.62. The van der Waals surface area contributed by atoms with Crippen molar-refractivity contribution in [3.05, 3.63) is 35.9 Å². The summed E-state index contributed by atoms with van der Waals surface area (Å²) >= 11 is 0. The average molecular weight is 309 g/mol. The zero-order valence-electron chi connectivity index (χ0n) is 13.9. The lowest BCUT2D eigenvalue weighted by molar-refractivity contribution is -0.0531. The lowest BCUT2D eigenvalue weighted by atomic mass is 9.73. The molecule has 3 nitrogen and oxygen atoms in total. The van der Waals surface area contributed by atoms with Crippen LogP contribution in [0.4, 0.5) is 0 Å². The summed E-state index contributed by atoms with van der Waals surface area (Å²) in [7, 11) is 0. The molecule has 3 aliphatic rings. The molecular formula is C20H27N3. The summed E-state index contributed by atoms with van der Waals surface area (Å²) in [6.45, 7) is 3.39. The van der Waals surface area contributed by atoms with Gasteiger partial charge in [0.25, 0.3) is 0 Å². The van der Waals surface area contributed by atoms with Gasteiger partial charge in [-0.15, -0.1) is 0 Å². The van der Waals surface area contributed by atoms with Gasteiger partial charge in [-0.05, 0) is 56.7 Å². The van der Waals surface area contributed by atoms with Crippen LogP contribution in [0.2, 0.25) is 0 Å². The SMILES string of the molecule is N#C[C@@H]1C[C@@H]2[C@H](CCCN2Cc2ccccc2)[C@H]2CCCCN12. The zero-order valence-corrected chi connectivity index (χ0v) is 13.9. The third-order valence-corrected chi connectivity index (χ3v) is 6.28. The third kappa shape index (κ3) is 2.91. The minimum Gasteiger partial charge on any atom is -0.296 e. The molecule has 0 aliphatic carbocycles. The Labute approximate surface area is 139 Å². The van der Waals surface area contributed by atoms with Gasteiger partial charge >= 0.3 is 0 Å². The van der Waals surface area contributed by atoms with Gasteiger partial charge in [-0.2, -0.15) is 5.26 Å². The quantitative estimate of drug-likeness (QED) is 0.838. The van der Waals surface area contributed by atoms with E-state index in [1.807, 2.05) is 0 Å². The predicted octanol–water partition coefficient (Wildman–Crippen LogP) is 3.42.